The molecule has 1 atom stereocenters. The van der Waals surface area contributed by atoms with Crippen LogP contribution in [-0.4, -0.2) is 33.5 Å². The first-order chi connectivity index (χ1) is 6.76. The van der Waals surface area contributed by atoms with Gasteiger partial charge in [-0.2, -0.15) is 0 Å². The predicted octanol–water partition coefficient (Wildman–Crippen LogP) is -0.868. The molecule has 0 saturated carbocycles. The Morgan fingerprint density at radius 3 is 3.00 bits per heavy atom. The second-order valence-electron chi connectivity index (χ2n) is 3.01. The normalized spacial score (nSPS) is 12.4. The highest BCUT2D eigenvalue weighted by molar-refractivity contribution is 5.75. The number of carbonyl (C=O) groups is 1. The number of aromatic nitrogens is 3. The highest BCUT2D eigenvalue weighted by Gasteiger charge is 2.08. The van der Waals surface area contributed by atoms with Crippen molar-refractivity contribution >= 4 is 5.91 Å². The Bertz CT molecular complexity index is 267. The maximum Gasteiger partial charge on any atom is 0.242 e. The van der Waals surface area contributed by atoms with Crippen molar-refractivity contribution in [3.05, 3.63) is 12.4 Å². The van der Waals surface area contributed by atoms with Crippen molar-refractivity contribution in [1.29, 1.82) is 0 Å². The molecule has 14 heavy (non-hydrogen) atoms. The fourth-order valence-corrected chi connectivity index (χ4v) is 1.07. The van der Waals surface area contributed by atoms with Crippen LogP contribution in [0.25, 0.3) is 0 Å². The zero-order chi connectivity index (χ0) is 10.4. The van der Waals surface area contributed by atoms with Crippen LogP contribution in [0.4, 0.5) is 0 Å². The van der Waals surface area contributed by atoms with Gasteiger partial charge < -0.3 is 11.1 Å². The summed E-state index contributed by atoms with van der Waals surface area (Å²) in [5.41, 5.74) is 5.46. The van der Waals surface area contributed by atoms with Crippen LogP contribution in [0.1, 0.15) is 13.3 Å². The molecule has 1 aromatic heterocycles. The first-order valence-electron chi connectivity index (χ1n) is 4.59. The molecule has 6 nitrogen and oxygen atoms in total. The molecule has 0 aromatic carbocycles. The van der Waals surface area contributed by atoms with Gasteiger partial charge in [0.2, 0.25) is 5.91 Å². The molecule has 6 heteroatoms. The predicted molar refractivity (Wildman–Crippen MR) is 51.3 cm³/mol. The summed E-state index contributed by atoms with van der Waals surface area (Å²) >= 11 is 0. The Morgan fingerprint density at radius 1 is 1.71 bits per heavy atom. The lowest BCUT2D eigenvalue weighted by Gasteiger charge is -2.13. The summed E-state index contributed by atoms with van der Waals surface area (Å²) in [6.07, 6.45) is 4.01. The lowest BCUT2D eigenvalue weighted by molar-refractivity contribution is -0.122. The fraction of sp³-hybridized carbons (Fsp3) is 0.625. The van der Waals surface area contributed by atoms with Crippen LogP contribution in [0.3, 0.4) is 0 Å². The number of nitrogens with two attached hydrogens (primary N) is 1. The number of nitrogens with zero attached hydrogens (tertiary/aromatic N) is 3. The van der Waals surface area contributed by atoms with Gasteiger partial charge in [-0.15, -0.1) is 5.10 Å². The highest BCUT2D eigenvalue weighted by Crippen LogP contribution is 1.88. The lowest BCUT2D eigenvalue weighted by Crippen LogP contribution is -2.41. The van der Waals surface area contributed by atoms with Crippen LogP contribution in [0.5, 0.6) is 0 Å². The number of carbonyl (C=O) groups excluding carboxylic acids is 1. The molecule has 0 radical (unpaired) electrons. The third-order valence-electron chi connectivity index (χ3n) is 1.92. The minimum atomic E-state index is -0.0900. The number of nitrogens with one attached hydrogen (secondary N) is 1. The average molecular weight is 197 g/mol. The van der Waals surface area contributed by atoms with E-state index in [4.69, 9.17) is 5.73 Å². The fourth-order valence-electron chi connectivity index (χ4n) is 1.07. The second kappa shape index (κ2) is 5.33. The molecule has 0 spiro atoms. The van der Waals surface area contributed by atoms with Gasteiger partial charge in [-0.1, -0.05) is 12.1 Å². The van der Waals surface area contributed by atoms with Crippen molar-refractivity contribution in [3.63, 3.8) is 0 Å². The summed E-state index contributed by atoms with van der Waals surface area (Å²) in [5.74, 6) is -0.0900. The van der Waals surface area contributed by atoms with Crippen LogP contribution >= 0.6 is 0 Å². The zero-order valence-electron chi connectivity index (χ0n) is 8.18. The van der Waals surface area contributed by atoms with E-state index in [9.17, 15) is 4.79 Å². The molecule has 0 fully saturated rings. The van der Waals surface area contributed by atoms with E-state index in [0.29, 0.717) is 6.54 Å². The molecular formula is C8H15N5O. The molecule has 0 aliphatic heterocycles. The highest BCUT2D eigenvalue weighted by atomic mass is 16.2. The molecule has 0 aliphatic carbocycles. The molecule has 1 aromatic rings. The third-order valence-corrected chi connectivity index (χ3v) is 1.92. The molecule has 1 unspecified atom stereocenters. The average Bonchev–Trinajstić information content (AvgIpc) is 2.66. The molecular weight excluding hydrogens is 182 g/mol. The largest absolute Gasteiger partial charge is 0.351 e. The van der Waals surface area contributed by atoms with Crippen LogP contribution in [0.2, 0.25) is 0 Å². The minimum Gasteiger partial charge on any atom is -0.351 e. The summed E-state index contributed by atoms with van der Waals surface area (Å²) in [7, 11) is 0. The van der Waals surface area contributed by atoms with Gasteiger partial charge in [0.25, 0.3) is 0 Å². The standard InChI is InChI=1S/C8H15N5O/c1-2-7(5-9)11-8(14)6-13-4-3-10-12-13/h3-4,7H,2,5-6,9H2,1H3,(H,11,14). The molecule has 1 amide bonds. The van der Waals surface area contributed by atoms with Gasteiger partial charge >= 0.3 is 0 Å². The van der Waals surface area contributed by atoms with E-state index in [1.54, 1.807) is 6.20 Å². The Labute approximate surface area is 82.5 Å². The van der Waals surface area contributed by atoms with Crippen LogP contribution in [0, 0.1) is 0 Å². The monoisotopic (exact) mass is 197 g/mol. The van der Waals surface area contributed by atoms with E-state index in [1.807, 2.05) is 6.92 Å². The molecule has 78 valence electrons. The van der Waals surface area contributed by atoms with Gasteiger partial charge in [-0.25, -0.2) is 4.68 Å². The Morgan fingerprint density at radius 2 is 2.50 bits per heavy atom. The summed E-state index contributed by atoms with van der Waals surface area (Å²) in [4.78, 5) is 11.4. The molecule has 0 bridgehead atoms. The van der Waals surface area contributed by atoms with E-state index in [2.05, 4.69) is 15.6 Å². The van der Waals surface area contributed by atoms with Crippen LogP contribution in [0.15, 0.2) is 12.4 Å². The van der Waals surface area contributed by atoms with Crippen LogP contribution in [-0.2, 0) is 11.3 Å². The summed E-state index contributed by atoms with van der Waals surface area (Å²) in [6.45, 7) is 2.63. The molecule has 1 heterocycles. The maximum atomic E-state index is 11.4. The molecule has 3 N–H and O–H groups in total. The van der Waals surface area contributed by atoms with Crippen molar-refractivity contribution in [1.82, 2.24) is 20.3 Å². The first kappa shape index (κ1) is 10.6. The van der Waals surface area contributed by atoms with E-state index in [0.717, 1.165) is 6.42 Å². The summed E-state index contributed by atoms with van der Waals surface area (Å²) < 4.78 is 1.47. The van der Waals surface area contributed by atoms with Crippen molar-refractivity contribution < 1.29 is 4.79 Å². The lowest BCUT2D eigenvalue weighted by atomic mass is 10.2. The van der Waals surface area contributed by atoms with Gasteiger partial charge in [-0.3, -0.25) is 4.79 Å². The van der Waals surface area contributed by atoms with Crippen molar-refractivity contribution in [2.45, 2.75) is 25.9 Å². The Hall–Kier alpha value is -1.43. The first-order valence-corrected chi connectivity index (χ1v) is 4.59. The van der Waals surface area contributed by atoms with E-state index in [1.165, 1.54) is 10.9 Å². The van der Waals surface area contributed by atoms with Crippen LogP contribution < -0.4 is 11.1 Å². The minimum absolute atomic E-state index is 0.0472. The number of rotatable bonds is 5. The van der Waals surface area contributed by atoms with Crippen molar-refractivity contribution in [2.24, 2.45) is 5.73 Å². The zero-order valence-corrected chi connectivity index (χ0v) is 8.18. The van der Waals surface area contributed by atoms with Crippen molar-refractivity contribution in [3.8, 4) is 0 Å². The van der Waals surface area contributed by atoms with Gasteiger partial charge in [0.1, 0.15) is 6.54 Å². The van der Waals surface area contributed by atoms with Gasteiger partial charge in [0, 0.05) is 18.8 Å². The summed E-state index contributed by atoms with van der Waals surface area (Å²) in [6, 6.07) is 0.0472. The smallest absolute Gasteiger partial charge is 0.242 e. The molecule has 1 rings (SSSR count). The molecule has 0 aliphatic rings. The number of amides is 1. The van der Waals surface area contributed by atoms with Gasteiger partial charge in [-0.05, 0) is 6.42 Å². The van der Waals surface area contributed by atoms with Gasteiger partial charge in [0.15, 0.2) is 0 Å². The quantitative estimate of drug-likeness (QED) is 0.642. The van der Waals surface area contributed by atoms with E-state index < -0.39 is 0 Å². The molecule has 0 saturated heterocycles. The summed E-state index contributed by atoms with van der Waals surface area (Å²) in [5, 5.41) is 10.1. The Balaban J connectivity index is 2.35. The van der Waals surface area contributed by atoms with Crippen molar-refractivity contribution in [2.75, 3.05) is 6.54 Å². The maximum absolute atomic E-state index is 11.4. The SMILES string of the molecule is CCC(CN)NC(=O)Cn1ccnn1. The number of hydrogen-bond donors (Lipinski definition) is 2. The Kier molecular flexibility index (Phi) is 4.06. The third kappa shape index (κ3) is 3.14. The number of hydrogen-bond acceptors (Lipinski definition) is 4. The topological polar surface area (TPSA) is 85.8 Å². The van der Waals surface area contributed by atoms with E-state index >= 15 is 0 Å². The van der Waals surface area contributed by atoms with Gasteiger partial charge in [0.05, 0.1) is 6.20 Å². The van der Waals surface area contributed by atoms with E-state index in [-0.39, 0.29) is 18.5 Å². The second-order valence-corrected chi connectivity index (χ2v) is 3.01.